The lowest BCUT2D eigenvalue weighted by molar-refractivity contribution is -0.116. The highest BCUT2D eigenvalue weighted by Gasteiger charge is 2.18. The minimum atomic E-state index is -0.361. The van der Waals surface area contributed by atoms with Gasteiger partial charge >= 0.3 is 0 Å². The number of aryl methyl sites for hydroxylation is 1. The first-order valence-electron chi connectivity index (χ1n) is 9.96. The summed E-state index contributed by atoms with van der Waals surface area (Å²) >= 11 is 0. The number of nitrogens with one attached hydrogen (secondary N) is 1. The highest BCUT2D eigenvalue weighted by molar-refractivity contribution is 6.08. The van der Waals surface area contributed by atoms with Gasteiger partial charge in [0.05, 0.1) is 11.0 Å². The molecule has 1 N–H and O–H groups in total. The molecule has 5 rings (SSSR count). The average Bonchev–Trinajstić information content (AvgIpc) is 3.14. The van der Waals surface area contributed by atoms with Crippen molar-refractivity contribution in [1.82, 2.24) is 14.8 Å². The van der Waals surface area contributed by atoms with Crippen LogP contribution in [0.15, 0.2) is 79.0 Å². The topological polar surface area (TPSA) is 59.8 Å². The molecule has 0 aliphatic carbocycles. The molecular formula is C25H19FN4O. The molecule has 152 valence electrons. The van der Waals surface area contributed by atoms with Gasteiger partial charge in [0, 0.05) is 28.2 Å². The summed E-state index contributed by atoms with van der Waals surface area (Å²) in [4.78, 5) is 17.4. The molecule has 2 aromatic heterocycles. The van der Waals surface area contributed by atoms with Gasteiger partial charge in [-0.25, -0.2) is 4.39 Å². The number of hydrogen-bond acceptors (Lipinski definition) is 3. The molecule has 0 spiro atoms. The minimum absolute atomic E-state index is 0.00665. The standard InChI is InChI=1S/C25H19FN4O/c1-16-7-5-6-10-21(16)28-23(31)15-30-25-19-13-18(26)11-12-22(19)27-14-20(25)24(29-30)17-8-3-2-4-9-17/h2-14H,15H2,1H3,(H,28,31). The third-order valence-corrected chi connectivity index (χ3v) is 5.30. The molecule has 3 aromatic carbocycles. The van der Waals surface area contributed by atoms with E-state index in [9.17, 15) is 9.18 Å². The first-order valence-corrected chi connectivity index (χ1v) is 9.96. The van der Waals surface area contributed by atoms with Gasteiger partial charge in [0.25, 0.3) is 0 Å². The molecule has 1 amide bonds. The number of fused-ring (bicyclic) bond motifs is 3. The molecule has 5 nitrogen and oxygen atoms in total. The highest BCUT2D eigenvalue weighted by atomic mass is 19.1. The molecular weight excluding hydrogens is 391 g/mol. The van der Waals surface area contributed by atoms with E-state index < -0.39 is 0 Å². The second kappa shape index (κ2) is 7.65. The van der Waals surface area contributed by atoms with Gasteiger partial charge in [0.2, 0.25) is 5.91 Å². The van der Waals surface area contributed by atoms with Crippen molar-refractivity contribution in [3.05, 3.63) is 90.4 Å². The van der Waals surface area contributed by atoms with E-state index in [1.54, 1.807) is 16.9 Å². The number of aromatic nitrogens is 3. The zero-order valence-corrected chi connectivity index (χ0v) is 16.8. The summed E-state index contributed by atoms with van der Waals surface area (Å²) < 4.78 is 15.7. The summed E-state index contributed by atoms with van der Waals surface area (Å²) in [6, 6.07) is 21.8. The molecule has 6 heteroatoms. The quantitative estimate of drug-likeness (QED) is 0.435. The van der Waals surface area contributed by atoms with Crippen LogP contribution in [0.2, 0.25) is 0 Å². The molecule has 0 aliphatic heterocycles. The first-order chi connectivity index (χ1) is 15.1. The lowest BCUT2D eigenvalue weighted by atomic mass is 10.1. The maximum Gasteiger partial charge on any atom is 0.246 e. The van der Waals surface area contributed by atoms with E-state index in [0.717, 1.165) is 22.2 Å². The van der Waals surface area contributed by atoms with Gasteiger partial charge in [-0.1, -0.05) is 48.5 Å². The fraction of sp³-hybridized carbons (Fsp3) is 0.0800. The molecule has 0 fully saturated rings. The fourth-order valence-corrected chi connectivity index (χ4v) is 3.79. The Bertz CT molecular complexity index is 1430. The predicted octanol–water partition coefficient (Wildman–Crippen LogP) is 5.34. The van der Waals surface area contributed by atoms with Gasteiger partial charge < -0.3 is 5.32 Å². The summed E-state index contributed by atoms with van der Waals surface area (Å²) in [7, 11) is 0. The molecule has 0 bridgehead atoms. The normalized spacial score (nSPS) is 11.2. The number of anilines is 1. The van der Waals surface area contributed by atoms with Crippen molar-refractivity contribution in [3.8, 4) is 11.3 Å². The predicted molar refractivity (Wildman–Crippen MR) is 120 cm³/mol. The number of hydrogen-bond donors (Lipinski definition) is 1. The van der Waals surface area contributed by atoms with Crippen molar-refractivity contribution in [2.45, 2.75) is 13.5 Å². The zero-order chi connectivity index (χ0) is 21.4. The van der Waals surface area contributed by atoms with Crippen LogP contribution in [0.1, 0.15) is 5.56 Å². The van der Waals surface area contributed by atoms with Crippen molar-refractivity contribution >= 4 is 33.4 Å². The van der Waals surface area contributed by atoms with Crippen LogP contribution in [-0.2, 0) is 11.3 Å². The van der Waals surface area contributed by atoms with Crippen LogP contribution in [-0.4, -0.2) is 20.7 Å². The van der Waals surface area contributed by atoms with Crippen molar-refractivity contribution in [2.75, 3.05) is 5.32 Å². The Morgan fingerprint density at radius 1 is 1.00 bits per heavy atom. The Kier molecular flexibility index (Phi) is 4.67. The summed E-state index contributed by atoms with van der Waals surface area (Å²) in [5.74, 6) is -0.570. The number of halogens is 1. The summed E-state index contributed by atoms with van der Waals surface area (Å²) in [6.07, 6.45) is 1.74. The molecule has 0 aliphatic rings. The molecule has 0 radical (unpaired) electrons. The average molecular weight is 410 g/mol. The van der Waals surface area contributed by atoms with Crippen molar-refractivity contribution in [2.24, 2.45) is 0 Å². The zero-order valence-electron chi connectivity index (χ0n) is 16.8. The van der Waals surface area contributed by atoms with Gasteiger partial charge in [0.1, 0.15) is 18.1 Å². The number of rotatable bonds is 4. The van der Waals surface area contributed by atoms with Crippen LogP contribution in [0, 0.1) is 12.7 Å². The van der Waals surface area contributed by atoms with Crippen molar-refractivity contribution < 1.29 is 9.18 Å². The molecule has 31 heavy (non-hydrogen) atoms. The Morgan fingerprint density at radius 2 is 1.77 bits per heavy atom. The van der Waals surface area contributed by atoms with Gasteiger partial charge in [-0.05, 0) is 36.8 Å². The van der Waals surface area contributed by atoms with Crippen LogP contribution >= 0.6 is 0 Å². The van der Waals surface area contributed by atoms with E-state index in [0.29, 0.717) is 22.1 Å². The number of para-hydroxylation sites is 1. The number of carbonyl (C=O) groups excluding carboxylic acids is 1. The number of nitrogens with zero attached hydrogens (tertiary/aromatic N) is 3. The Hall–Kier alpha value is -4.06. The van der Waals surface area contributed by atoms with Gasteiger partial charge in [-0.2, -0.15) is 5.10 Å². The number of pyridine rings is 1. The number of carbonyl (C=O) groups is 1. The molecule has 0 unspecified atom stereocenters. The summed E-state index contributed by atoms with van der Waals surface area (Å²) in [5, 5.41) is 9.07. The van der Waals surface area contributed by atoms with E-state index in [4.69, 9.17) is 5.10 Å². The smallest absolute Gasteiger partial charge is 0.246 e. The molecule has 0 saturated heterocycles. The molecule has 2 heterocycles. The second-order valence-electron chi connectivity index (χ2n) is 7.42. The number of benzene rings is 3. The van der Waals surface area contributed by atoms with E-state index in [1.165, 1.54) is 12.1 Å². The molecule has 5 aromatic rings. The largest absolute Gasteiger partial charge is 0.324 e. The maximum atomic E-state index is 14.1. The van der Waals surface area contributed by atoms with E-state index in [1.807, 2.05) is 61.5 Å². The molecule has 0 atom stereocenters. The third kappa shape index (κ3) is 3.53. The SMILES string of the molecule is Cc1ccccc1NC(=O)Cn1nc(-c2ccccc2)c2cnc3ccc(F)cc3c21. The van der Waals surface area contributed by atoms with Gasteiger partial charge in [0.15, 0.2) is 0 Å². The van der Waals surface area contributed by atoms with Crippen LogP contribution in [0.4, 0.5) is 10.1 Å². The Labute approximate surface area is 178 Å². The van der Waals surface area contributed by atoms with Crippen LogP contribution in [0.25, 0.3) is 33.1 Å². The van der Waals surface area contributed by atoms with E-state index in [2.05, 4.69) is 10.3 Å². The first kappa shape index (κ1) is 18.9. The monoisotopic (exact) mass is 410 g/mol. The maximum absolute atomic E-state index is 14.1. The Balaban J connectivity index is 1.65. The van der Waals surface area contributed by atoms with Crippen LogP contribution in [0.5, 0.6) is 0 Å². The highest BCUT2D eigenvalue weighted by Crippen LogP contribution is 2.32. The number of amides is 1. The van der Waals surface area contributed by atoms with Crippen LogP contribution in [0.3, 0.4) is 0 Å². The lowest BCUT2D eigenvalue weighted by Gasteiger charge is -2.09. The fourth-order valence-electron chi connectivity index (χ4n) is 3.79. The van der Waals surface area contributed by atoms with Gasteiger partial charge in [-0.3, -0.25) is 14.5 Å². The summed E-state index contributed by atoms with van der Waals surface area (Å²) in [6.45, 7) is 1.93. The van der Waals surface area contributed by atoms with E-state index in [-0.39, 0.29) is 18.3 Å². The van der Waals surface area contributed by atoms with Crippen LogP contribution < -0.4 is 5.32 Å². The van der Waals surface area contributed by atoms with Gasteiger partial charge in [-0.15, -0.1) is 0 Å². The third-order valence-electron chi connectivity index (χ3n) is 5.30. The summed E-state index contributed by atoms with van der Waals surface area (Å²) in [5.41, 5.74) is 4.67. The Morgan fingerprint density at radius 3 is 2.58 bits per heavy atom. The lowest BCUT2D eigenvalue weighted by Crippen LogP contribution is -2.20. The van der Waals surface area contributed by atoms with E-state index >= 15 is 0 Å². The second-order valence-corrected chi connectivity index (χ2v) is 7.42. The molecule has 0 saturated carbocycles. The van der Waals surface area contributed by atoms with Crippen molar-refractivity contribution in [1.29, 1.82) is 0 Å². The van der Waals surface area contributed by atoms with Crippen molar-refractivity contribution in [3.63, 3.8) is 0 Å². The minimum Gasteiger partial charge on any atom is -0.324 e.